The van der Waals surface area contributed by atoms with Gasteiger partial charge in [0.1, 0.15) is 11.6 Å². The van der Waals surface area contributed by atoms with Crippen molar-refractivity contribution in [2.45, 2.75) is 4.90 Å². The molecule has 2 rings (SSSR count). The molecule has 2 aromatic carbocycles. The first-order valence-electron chi connectivity index (χ1n) is 6.17. The van der Waals surface area contributed by atoms with Crippen molar-refractivity contribution in [3.63, 3.8) is 0 Å². The van der Waals surface area contributed by atoms with E-state index in [0.29, 0.717) is 5.69 Å². The second-order valence-electron chi connectivity index (χ2n) is 4.34. The molecule has 0 aliphatic rings. The summed E-state index contributed by atoms with van der Waals surface area (Å²) in [6.45, 7) is -0.532. The highest BCUT2D eigenvalue weighted by Crippen LogP contribution is 2.10. The lowest BCUT2D eigenvalue weighted by molar-refractivity contribution is -0.115. The first kappa shape index (κ1) is 16.1. The van der Waals surface area contributed by atoms with Gasteiger partial charge in [-0.1, -0.05) is 6.07 Å². The van der Waals surface area contributed by atoms with Crippen LogP contribution in [0.25, 0.3) is 0 Å². The minimum Gasteiger partial charge on any atom is -0.325 e. The average molecular weight is 326 g/mol. The van der Waals surface area contributed by atoms with Crippen molar-refractivity contribution in [3.8, 4) is 0 Å². The van der Waals surface area contributed by atoms with E-state index in [0.717, 1.165) is 24.3 Å². The molecule has 0 bridgehead atoms. The predicted molar refractivity (Wildman–Crippen MR) is 76.6 cm³/mol. The van der Waals surface area contributed by atoms with Crippen molar-refractivity contribution < 1.29 is 22.0 Å². The van der Waals surface area contributed by atoms with Crippen molar-refractivity contribution in [1.29, 1.82) is 0 Å². The zero-order valence-corrected chi connectivity index (χ0v) is 12.0. The van der Waals surface area contributed by atoms with Crippen LogP contribution in [0.15, 0.2) is 53.4 Å². The number of carbonyl (C=O) groups is 1. The summed E-state index contributed by atoms with van der Waals surface area (Å²) in [5.41, 5.74) is 0.330. The average Bonchev–Trinajstić information content (AvgIpc) is 2.48. The Morgan fingerprint density at radius 1 is 1.00 bits per heavy atom. The Bertz CT molecular complexity index is 777. The van der Waals surface area contributed by atoms with Gasteiger partial charge < -0.3 is 5.32 Å². The van der Waals surface area contributed by atoms with Crippen LogP contribution in [0.1, 0.15) is 0 Å². The zero-order chi connectivity index (χ0) is 16.2. The number of hydrogen-bond acceptors (Lipinski definition) is 3. The number of rotatable bonds is 5. The number of benzene rings is 2. The third kappa shape index (κ3) is 4.34. The number of halogens is 2. The summed E-state index contributed by atoms with van der Waals surface area (Å²) >= 11 is 0. The highest BCUT2D eigenvalue weighted by molar-refractivity contribution is 7.89. The van der Waals surface area contributed by atoms with Gasteiger partial charge >= 0.3 is 0 Å². The molecule has 0 aromatic heterocycles. The van der Waals surface area contributed by atoms with Gasteiger partial charge in [-0.25, -0.2) is 21.9 Å². The van der Waals surface area contributed by atoms with Gasteiger partial charge in [0.15, 0.2) is 0 Å². The van der Waals surface area contributed by atoms with Crippen LogP contribution >= 0.6 is 0 Å². The number of hydrogen-bond donors (Lipinski definition) is 2. The van der Waals surface area contributed by atoms with E-state index in [1.165, 1.54) is 24.3 Å². The fraction of sp³-hybridized carbons (Fsp3) is 0.0714. The van der Waals surface area contributed by atoms with Gasteiger partial charge in [-0.15, -0.1) is 0 Å². The summed E-state index contributed by atoms with van der Waals surface area (Å²) in [6.07, 6.45) is 0. The van der Waals surface area contributed by atoms with Crippen LogP contribution in [-0.4, -0.2) is 20.9 Å². The minimum absolute atomic E-state index is 0.276. The normalized spacial score (nSPS) is 11.2. The molecular formula is C14H12F2N2O3S. The van der Waals surface area contributed by atoms with E-state index >= 15 is 0 Å². The van der Waals surface area contributed by atoms with Crippen LogP contribution < -0.4 is 10.0 Å². The predicted octanol–water partition coefficient (Wildman–Crippen LogP) is 1.88. The van der Waals surface area contributed by atoms with E-state index in [1.54, 1.807) is 0 Å². The Labute approximate surface area is 126 Å². The Morgan fingerprint density at radius 2 is 1.68 bits per heavy atom. The molecule has 8 heteroatoms. The maximum Gasteiger partial charge on any atom is 0.241 e. The molecule has 0 heterocycles. The Hall–Kier alpha value is -2.32. The SMILES string of the molecule is O=C(CNS(=O)(=O)c1cccc(F)c1)Nc1ccc(F)cc1. The van der Waals surface area contributed by atoms with Crippen molar-refractivity contribution in [1.82, 2.24) is 4.72 Å². The van der Waals surface area contributed by atoms with Crippen molar-refractivity contribution in [2.24, 2.45) is 0 Å². The molecule has 2 N–H and O–H groups in total. The van der Waals surface area contributed by atoms with Crippen LogP contribution in [0.3, 0.4) is 0 Å². The second-order valence-corrected chi connectivity index (χ2v) is 6.10. The lowest BCUT2D eigenvalue weighted by Crippen LogP contribution is -2.32. The van der Waals surface area contributed by atoms with Crippen LogP contribution in [0.2, 0.25) is 0 Å². The van der Waals surface area contributed by atoms with E-state index in [1.807, 2.05) is 0 Å². The molecule has 0 unspecified atom stereocenters. The van der Waals surface area contributed by atoms with Crippen molar-refractivity contribution in [2.75, 3.05) is 11.9 Å². The highest BCUT2D eigenvalue weighted by atomic mass is 32.2. The highest BCUT2D eigenvalue weighted by Gasteiger charge is 2.16. The van der Waals surface area contributed by atoms with Crippen molar-refractivity contribution in [3.05, 3.63) is 60.2 Å². The largest absolute Gasteiger partial charge is 0.325 e. The molecule has 0 spiro atoms. The number of carbonyl (C=O) groups excluding carboxylic acids is 1. The molecule has 0 atom stereocenters. The van der Waals surface area contributed by atoms with Gasteiger partial charge in [-0.3, -0.25) is 4.79 Å². The van der Waals surface area contributed by atoms with E-state index in [-0.39, 0.29) is 4.90 Å². The van der Waals surface area contributed by atoms with Crippen LogP contribution in [0, 0.1) is 11.6 Å². The third-order valence-electron chi connectivity index (χ3n) is 2.66. The van der Waals surface area contributed by atoms with Crippen LogP contribution in [-0.2, 0) is 14.8 Å². The lowest BCUT2D eigenvalue weighted by Gasteiger charge is -2.08. The Kier molecular flexibility index (Phi) is 4.84. The smallest absolute Gasteiger partial charge is 0.241 e. The second kappa shape index (κ2) is 6.63. The molecule has 116 valence electrons. The van der Waals surface area contributed by atoms with Crippen LogP contribution in [0.5, 0.6) is 0 Å². The molecule has 0 aliphatic heterocycles. The van der Waals surface area contributed by atoms with E-state index in [9.17, 15) is 22.0 Å². The maximum absolute atomic E-state index is 13.0. The van der Waals surface area contributed by atoms with Gasteiger partial charge in [-0.2, -0.15) is 0 Å². The fourth-order valence-corrected chi connectivity index (χ4v) is 2.63. The summed E-state index contributed by atoms with van der Waals surface area (Å²) in [7, 11) is -3.99. The standard InChI is InChI=1S/C14H12F2N2O3S/c15-10-4-6-12(7-5-10)18-14(19)9-17-22(20,21)13-3-1-2-11(16)8-13/h1-8,17H,9H2,(H,18,19). The van der Waals surface area contributed by atoms with Crippen LogP contribution in [0.4, 0.5) is 14.5 Å². The Morgan fingerprint density at radius 3 is 2.32 bits per heavy atom. The molecule has 1 amide bonds. The van der Waals surface area contributed by atoms with Gasteiger partial charge in [0.05, 0.1) is 11.4 Å². The summed E-state index contributed by atoms with van der Waals surface area (Å²) < 4.78 is 51.5. The molecule has 0 fully saturated rings. The van der Waals surface area contributed by atoms with Gasteiger partial charge in [-0.05, 0) is 42.5 Å². The summed E-state index contributed by atoms with van der Waals surface area (Å²) in [5, 5.41) is 2.40. The topological polar surface area (TPSA) is 75.3 Å². The number of anilines is 1. The third-order valence-corrected chi connectivity index (χ3v) is 4.06. The van der Waals surface area contributed by atoms with E-state index in [4.69, 9.17) is 0 Å². The fourth-order valence-electron chi connectivity index (χ4n) is 1.62. The summed E-state index contributed by atoms with van der Waals surface area (Å²) in [4.78, 5) is 11.4. The summed E-state index contributed by atoms with van der Waals surface area (Å²) in [6, 6.07) is 9.42. The van der Waals surface area contributed by atoms with Gasteiger partial charge in [0.2, 0.25) is 15.9 Å². The minimum atomic E-state index is -3.99. The summed E-state index contributed by atoms with van der Waals surface area (Å²) in [5.74, 6) is -1.78. The molecule has 0 aliphatic carbocycles. The first-order valence-corrected chi connectivity index (χ1v) is 7.66. The molecular weight excluding hydrogens is 314 g/mol. The van der Waals surface area contributed by atoms with Crippen molar-refractivity contribution >= 4 is 21.6 Å². The van der Waals surface area contributed by atoms with Gasteiger partial charge in [0.25, 0.3) is 0 Å². The monoisotopic (exact) mass is 326 g/mol. The number of nitrogens with one attached hydrogen (secondary N) is 2. The van der Waals surface area contributed by atoms with Gasteiger partial charge in [0, 0.05) is 5.69 Å². The first-order chi connectivity index (χ1) is 10.4. The zero-order valence-electron chi connectivity index (χ0n) is 11.2. The quantitative estimate of drug-likeness (QED) is 0.881. The van der Waals surface area contributed by atoms with E-state index in [2.05, 4.69) is 10.0 Å². The molecule has 0 saturated carbocycles. The maximum atomic E-state index is 13.0. The molecule has 2 aromatic rings. The molecule has 22 heavy (non-hydrogen) atoms. The molecule has 0 radical (unpaired) electrons. The van der Waals surface area contributed by atoms with E-state index < -0.39 is 34.1 Å². The Balaban J connectivity index is 1.97. The number of sulfonamides is 1. The lowest BCUT2D eigenvalue weighted by atomic mass is 10.3. The molecule has 5 nitrogen and oxygen atoms in total. The molecule has 0 saturated heterocycles. The number of amides is 1.